The number of non-ortho nitro benzene ring substituents is 1. The summed E-state index contributed by atoms with van der Waals surface area (Å²) >= 11 is 0. The highest BCUT2D eigenvalue weighted by atomic mass is 16.7. The van der Waals surface area contributed by atoms with Gasteiger partial charge in [0.2, 0.25) is 5.79 Å². The number of hydrogen-bond donors (Lipinski definition) is 3. The third kappa shape index (κ3) is 10.6. The molecule has 3 aliphatic rings. The Bertz CT molecular complexity index is 2100. The summed E-state index contributed by atoms with van der Waals surface area (Å²) in [4.78, 5) is 45.8. The molecule has 2 amide bonds. The Balaban J connectivity index is 1.49. The number of unbranched alkanes of at least 4 members (excludes halogenated alkanes) is 2. The van der Waals surface area contributed by atoms with Gasteiger partial charge in [0.15, 0.2) is 0 Å². The lowest BCUT2D eigenvalue weighted by atomic mass is 9.55. The molecular formula is C47H58N4O11. The van der Waals surface area contributed by atoms with E-state index in [9.17, 15) is 29.9 Å². The van der Waals surface area contributed by atoms with Gasteiger partial charge >= 0.3 is 12.2 Å². The number of hydrogen-bond acceptors (Lipinski definition) is 12. The van der Waals surface area contributed by atoms with Gasteiger partial charge in [0.05, 0.1) is 23.2 Å². The molecule has 0 radical (unpaired) electrons. The number of carbonyl (C=O) groups excluding carboxylic acids is 2. The number of likely N-dealkylation sites (N-methyl/N-ethyl adjacent to an activating group) is 1. The van der Waals surface area contributed by atoms with Crippen molar-refractivity contribution < 1.29 is 48.5 Å². The van der Waals surface area contributed by atoms with Gasteiger partial charge in [0.1, 0.15) is 28.9 Å². The van der Waals surface area contributed by atoms with Crippen molar-refractivity contribution in [1.82, 2.24) is 10.2 Å². The molecule has 3 aromatic carbocycles. The van der Waals surface area contributed by atoms with Crippen LogP contribution in [0.5, 0.6) is 17.2 Å². The van der Waals surface area contributed by atoms with Crippen molar-refractivity contribution in [1.29, 1.82) is 0 Å². The summed E-state index contributed by atoms with van der Waals surface area (Å²) in [6.45, 7) is 10.1. The molecule has 1 aliphatic heterocycles. The van der Waals surface area contributed by atoms with Crippen LogP contribution in [0.2, 0.25) is 0 Å². The highest BCUT2D eigenvalue weighted by Gasteiger charge is 2.65. The maximum absolute atomic E-state index is 14.2. The molecule has 3 aromatic rings. The number of benzene rings is 3. The van der Waals surface area contributed by atoms with E-state index in [0.29, 0.717) is 36.5 Å². The lowest BCUT2D eigenvalue weighted by Crippen LogP contribution is -2.69. The predicted octanol–water partition coefficient (Wildman–Crippen LogP) is 8.45. The first-order chi connectivity index (χ1) is 29.8. The zero-order valence-corrected chi connectivity index (χ0v) is 35.9. The molecule has 0 bridgehead atoms. The van der Waals surface area contributed by atoms with E-state index in [4.69, 9.17) is 28.9 Å². The fraction of sp³-hybridized carbons (Fsp3) is 0.468. The van der Waals surface area contributed by atoms with Gasteiger partial charge in [0.25, 0.3) is 5.69 Å². The van der Waals surface area contributed by atoms with Crippen LogP contribution in [0.15, 0.2) is 102 Å². The lowest BCUT2D eigenvalue weighted by molar-refractivity contribution is -0.384. The van der Waals surface area contributed by atoms with Crippen molar-refractivity contribution in [3.63, 3.8) is 0 Å². The monoisotopic (exact) mass is 854 g/mol. The molecule has 0 saturated heterocycles. The van der Waals surface area contributed by atoms with Crippen LogP contribution in [0.25, 0.3) is 0 Å². The van der Waals surface area contributed by atoms with E-state index >= 15 is 0 Å². The molecule has 6 rings (SSSR count). The maximum atomic E-state index is 14.2. The Morgan fingerprint density at radius 1 is 1.00 bits per heavy atom. The summed E-state index contributed by atoms with van der Waals surface area (Å²) in [7, 11) is 1.59. The third-order valence-electron chi connectivity index (χ3n) is 11.6. The first-order valence-electron chi connectivity index (χ1n) is 21.2. The van der Waals surface area contributed by atoms with Crippen LogP contribution in [-0.4, -0.2) is 82.2 Å². The molecule has 6 unspecified atom stereocenters. The van der Waals surface area contributed by atoms with Gasteiger partial charge in [-0.05, 0) is 99.8 Å². The topological polar surface area (TPSA) is 192 Å². The Labute approximate surface area is 362 Å². The van der Waals surface area contributed by atoms with Crippen LogP contribution in [0.3, 0.4) is 0 Å². The van der Waals surface area contributed by atoms with E-state index in [1.54, 1.807) is 25.3 Å². The van der Waals surface area contributed by atoms with Crippen LogP contribution >= 0.6 is 0 Å². The number of fused-ring (bicyclic) bond motifs is 2. The second-order valence-electron chi connectivity index (χ2n) is 16.9. The number of nitro groups is 1. The highest BCUT2D eigenvalue weighted by molar-refractivity contribution is 6.03. The minimum atomic E-state index is -1.55. The van der Waals surface area contributed by atoms with Crippen LogP contribution in [-0.2, 0) is 16.1 Å². The number of allylic oxidation sites excluding steroid dienone is 1. The maximum Gasteiger partial charge on any atom is 0.415 e. The molecule has 15 heteroatoms. The number of oxime groups is 1. The van der Waals surface area contributed by atoms with Gasteiger partial charge in [-0.15, -0.1) is 6.58 Å². The summed E-state index contributed by atoms with van der Waals surface area (Å²) in [5.74, 6) is -1.72. The molecule has 0 aromatic heterocycles. The van der Waals surface area contributed by atoms with Crippen molar-refractivity contribution in [3.05, 3.63) is 118 Å². The summed E-state index contributed by atoms with van der Waals surface area (Å²) in [6, 6.07) is 19.1. The minimum absolute atomic E-state index is 0.0143. The average Bonchev–Trinajstić information content (AvgIpc) is 3.25. The van der Waals surface area contributed by atoms with Crippen molar-refractivity contribution in [2.24, 2.45) is 22.9 Å². The van der Waals surface area contributed by atoms with Crippen molar-refractivity contribution in [2.75, 3.05) is 26.9 Å². The Kier molecular flexibility index (Phi) is 15.1. The zero-order valence-electron chi connectivity index (χ0n) is 35.9. The van der Waals surface area contributed by atoms with Gasteiger partial charge in [-0.2, -0.15) is 0 Å². The van der Waals surface area contributed by atoms with E-state index in [0.717, 1.165) is 36.0 Å². The molecule has 0 spiro atoms. The molecule has 15 nitrogen and oxygen atoms in total. The SMILES string of the molecule is C=CCOC12Oc3ccc(OC(=O)NCc4ccccc4)cc3C3C(CCCCO)C(CCCCO)C=C(C(=NOC(C)(C)C)CC1N(C)C(=O)Oc1ccc([N+](=O)[O-])cc1)C32. The third-order valence-corrected chi connectivity index (χ3v) is 11.6. The molecule has 1 fully saturated rings. The first kappa shape index (κ1) is 45.7. The minimum Gasteiger partial charge on any atom is -0.459 e. The largest absolute Gasteiger partial charge is 0.459 e. The molecular weight excluding hydrogens is 797 g/mol. The van der Waals surface area contributed by atoms with Crippen molar-refractivity contribution in [2.45, 2.75) is 95.6 Å². The summed E-state index contributed by atoms with van der Waals surface area (Å²) in [5.41, 5.74) is 2.31. The number of carbonyl (C=O) groups is 2. The summed E-state index contributed by atoms with van der Waals surface area (Å²) in [5, 5.41) is 38.7. The van der Waals surface area contributed by atoms with Crippen molar-refractivity contribution in [3.8, 4) is 17.2 Å². The Morgan fingerprint density at radius 3 is 2.35 bits per heavy atom. The van der Waals surface area contributed by atoms with E-state index in [1.165, 1.54) is 29.2 Å². The second kappa shape index (κ2) is 20.4. The Hall–Kier alpha value is -5.77. The number of rotatable bonds is 18. The van der Waals surface area contributed by atoms with E-state index < -0.39 is 40.5 Å². The lowest BCUT2D eigenvalue weighted by Gasteiger charge is -2.59. The molecule has 1 heterocycles. The predicted molar refractivity (Wildman–Crippen MR) is 232 cm³/mol. The molecule has 6 atom stereocenters. The van der Waals surface area contributed by atoms with Crippen molar-refractivity contribution >= 4 is 23.6 Å². The summed E-state index contributed by atoms with van der Waals surface area (Å²) < 4.78 is 25.7. The number of nitro benzene ring substituents is 1. The van der Waals surface area contributed by atoms with Crippen LogP contribution < -0.4 is 19.5 Å². The highest BCUT2D eigenvalue weighted by Crippen LogP contribution is 2.62. The first-order valence-corrected chi connectivity index (χ1v) is 21.2. The molecule has 332 valence electrons. The number of aliphatic hydroxyl groups is 2. The number of nitrogens with zero attached hydrogens (tertiary/aromatic N) is 3. The van der Waals surface area contributed by atoms with Gasteiger partial charge in [0, 0.05) is 56.8 Å². The van der Waals surface area contributed by atoms with Gasteiger partial charge < -0.3 is 44.2 Å². The smallest absolute Gasteiger partial charge is 0.415 e. The van der Waals surface area contributed by atoms with Gasteiger partial charge in [-0.25, -0.2) is 9.59 Å². The van der Waals surface area contributed by atoms with Crippen LogP contribution in [0.1, 0.15) is 82.8 Å². The molecule has 3 N–H and O–H groups in total. The standard InChI is InChI=1S/C47H58N4O11/c1-6-26-58-47-41(50(5)45(55)60-34-20-18-33(19-21-34)51(56)57)29-39(49-62-46(2,3)4)37-27-32(16-10-12-24-52)36(17-11-13-25-53)42(43(37)47)38-28-35(22-23-40(38)61-47)59-44(54)48-30-31-14-8-7-9-15-31/h6-9,14-15,18-23,27-28,32,36,41-43,52-53H,1,10-13,16-17,24-26,29-30H2,2-5H3,(H,48,54). The van der Waals surface area contributed by atoms with Crippen LogP contribution in [0, 0.1) is 27.9 Å². The molecule has 62 heavy (non-hydrogen) atoms. The molecule has 1 saturated carbocycles. The zero-order chi connectivity index (χ0) is 44.4. The van der Waals surface area contributed by atoms with E-state index in [1.807, 2.05) is 57.2 Å². The molecule has 2 aliphatic carbocycles. The number of ether oxygens (including phenoxy) is 4. The van der Waals surface area contributed by atoms with Gasteiger partial charge in [-0.1, -0.05) is 60.5 Å². The number of amides is 2. The van der Waals surface area contributed by atoms with E-state index in [-0.39, 0.29) is 62.0 Å². The fourth-order valence-corrected chi connectivity index (χ4v) is 8.83. The average molecular weight is 855 g/mol. The number of aliphatic hydroxyl groups excluding tert-OH is 2. The fourth-order valence-electron chi connectivity index (χ4n) is 8.83. The second-order valence-corrected chi connectivity index (χ2v) is 16.9. The van der Waals surface area contributed by atoms with Crippen LogP contribution in [0.4, 0.5) is 15.3 Å². The quantitative estimate of drug-likeness (QED) is 0.0482. The number of nitrogens with one attached hydrogen (secondary N) is 1. The Morgan fingerprint density at radius 2 is 1.69 bits per heavy atom. The van der Waals surface area contributed by atoms with E-state index in [2.05, 4.69) is 18.0 Å². The van der Waals surface area contributed by atoms with Gasteiger partial charge in [-0.3, -0.25) is 10.1 Å². The normalized spacial score (nSPS) is 23.2. The summed E-state index contributed by atoms with van der Waals surface area (Å²) in [6.07, 6.45) is 6.75.